The molecule has 0 amide bonds. The number of nitrogens with zero attached hydrogens (tertiary/aromatic N) is 1. The second kappa shape index (κ2) is 6.93. The zero-order valence-electron chi connectivity index (χ0n) is 12.8. The van der Waals surface area contributed by atoms with Crippen molar-refractivity contribution in [2.24, 2.45) is 5.41 Å². The summed E-state index contributed by atoms with van der Waals surface area (Å²) in [7, 11) is 0. The number of carboxylic acid groups (broad SMARTS) is 1. The Morgan fingerprint density at radius 2 is 2.29 bits per heavy atom. The van der Waals surface area contributed by atoms with Gasteiger partial charge in [0.05, 0.1) is 5.41 Å². The lowest BCUT2D eigenvalue weighted by Crippen LogP contribution is -2.48. The highest BCUT2D eigenvalue weighted by molar-refractivity contribution is 9.10. The summed E-state index contributed by atoms with van der Waals surface area (Å²) in [6, 6.07) is 8.55. The van der Waals surface area contributed by atoms with Crippen LogP contribution in [0.25, 0.3) is 0 Å². The van der Waals surface area contributed by atoms with Gasteiger partial charge >= 0.3 is 5.97 Å². The molecule has 1 aromatic carbocycles. The number of carboxylic acids is 1. The van der Waals surface area contributed by atoms with Crippen LogP contribution in [0.1, 0.15) is 51.1 Å². The number of hydrogen-bond acceptors (Lipinski definition) is 2. The van der Waals surface area contributed by atoms with Crippen molar-refractivity contribution < 1.29 is 9.90 Å². The Kier molecular flexibility index (Phi) is 5.44. The third-order valence-electron chi connectivity index (χ3n) is 4.67. The maximum atomic E-state index is 11.8. The van der Waals surface area contributed by atoms with Gasteiger partial charge in [0.15, 0.2) is 0 Å². The van der Waals surface area contributed by atoms with E-state index in [0.29, 0.717) is 6.54 Å². The first kappa shape index (κ1) is 16.5. The second-order valence-corrected chi connectivity index (χ2v) is 7.06. The minimum Gasteiger partial charge on any atom is -0.481 e. The maximum absolute atomic E-state index is 11.8. The number of carbonyl (C=O) groups is 1. The first-order valence-electron chi connectivity index (χ1n) is 7.71. The summed E-state index contributed by atoms with van der Waals surface area (Å²) in [6.45, 7) is 5.88. The van der Waals surface area contributed by atoms with Gasteiger partial charge in [-0.2, -0.15) is 0 Å². The van der Waals surface area contributed by atoms with E-state index in [-0.39, 0.29) is 6.04 Å². The molecule has 1 N–H and O–H groups in total. The molecule has 1 aliphatic rings. The summed E-state index contributed by atoms with van der Waals surface area (Å²) in [4.78, 5) is 14.1. The Bertz CT molecular complexity index is 501. The van der Waals surface area contributed by atoms with Crippen LogP contribution in [0.3, 0.4) is 0 Å². The van der Waals surface area contributed by atoms with Crippen LogP contribution in [-0.4, -0.2) is 29.1 Å². The highest BCUT2D eigenvalue weighted by atomic mass is 79.9. The first-order chi connectivity index (χ1) is 9.98. The molecule has 4 heteroatoms. The van der Waals surface area contributed by atoms with Gasteiger partial charge < -0.3 is 5.11 Å². The smallest absolute Gasteiger partial charge is 0.310 e. The van der Waals surface area contributed by atoms with Crippen molar-refractivity contribution in [3.8, 4) is 0 Å². The Labute approximate surface area is 135 Å². The Morgan fingerprint density at radius 3 is 2.90 bits per heavy atom. The third-order valence-corrected chi connectivity index (χ3v) is 5.16. The van der Waals surface area contributed by atoms with Crippen LogP contribution < -0.4 is 0 Å². The van der Waals surface area contributed by atoms with E-state index in [4.69, 9.17) is 0 Å². The molecule has 116 valence electrons. The first-order valence-corrected chi connectivity index (χ1v) is 8.51. The van der Waals surface area contributed by atoms with E-state index in [0.717, 1.165) is 36.7 Å². The minimum atomic E-state index is -0.629. The van der Waals surface area contributed by atoms with Crippen LogP contribution in [0.15, 0.2) is 28.7 Å². The van der Waals surface area contributed by atoms with Crippen LogP contribution in [0.5, 0.6) is 0 Å². The number of halogens is 1. The van der Waals surface area contributed by atoms with Crippen molar-refractivity contribution >= 4 is 21.9 Å². The molecule has 0 radical (unpaired) electrons. The fourth-order valence-corrected chi connectivity index (χ4v) is 3.86. The molecular weight excluding hydrogens is 330 g/mol. The van der Waals surface area contributed by atoms with Crippen molar-refractivity contribution in [2.75, 3.05) is 13.1 Å². The number of piperidine rings is 1. The Morgan fingerprint density at radius 1 is 1.52 bits per heavy atom. The predicted molar refractivity (Wildman–Crippen MR) is 88.3 cm³/mol. The van der Waals surface area contributed by atoms with E-state index in [2.05, 4.69) is 46.8 Å². The van der Waals surface area contributed by atoms with Crippen molar-refractivity contribution in [2.45, 2.75) is 45.6 Å². The summed E-state index contributed by atoms with van der Waals surface area (Å²) >= 11 is 3.51. The molecule has 0 bridgehead atoms. The average Bonchev–Trinajstić information content (AvgIpc) is 2.47. The number of benzene rings is 1. The van der Waals surface area contributed by atoms with Gasteiger partial charge in [-0.05, 0) is 50.4 Å². The summed E-state index contributed by atoms with van der Waals surface area (Å²) < 4.78 is 1.07. The summed E-state index contributed by atoms with van der Waals surface area (Å²) in [5, 5.41) is 9.70. The van der Waals surface area contributed by atoms with E-state index < -0.39 is 11.4 Å². The van der Waals surface area contributed by atoms with E-state index >= 15 is 0 Å². The van der Waals surface area contributed by atoms with Crippen molar-refractivity contribution in [3.05, 3.63) is 34.3 Å². The van der Waals surface area contributed by atoms with E-state index in [9.17, 15) is 9.90 Å². The average molecular weight is 354 g/mol. The largest absolute Gasteiger partial charge is 0.481 e. The van der Waals surface area contributed by atoms with Crippen molar-refractivity contribution in [3.63, 3.8) is 0 Å². The molecule has 3 nitrogen and oxygen atoms in total. The lowest BCUT2D eigenvalue weighted by Gasteiger charge is -2.42. The molecule has 0 aliphatic carbocycles. The van der Waals surface area contributed by atoms with Gasteiger partial charge in [-0.1, -0.05) is 41.4 Å². The summed E-state index contributed by atoms with van der Waals surface area (Å²) in [6.07, 6.45) is 3.46. The zero-order valence-corrected chi connectivity index (χ0v) is 14.4. The normalized spacial score (nSPS) is 24.7. The summed E-state index contributed by atoms with van der Waals surface area (Å²) in [5.41, 5.74) is 0.676. The highest BCUT2D eigenvalue weighted by Crippen LogP contribution is 2.38. The molecule has 1 saturated heterocycles. The molecule has 2 rings (SSSR count). The Balaban J connectivity index is 2.18. The van der Waals surface area contributed by atoms with Gasteiger partial charge in [-0.15, -0.1) is 0 Å². The van der Waals surface area contributed by atoms with Crippen molar-refractivity contribution in [1.82, 2.24) is 4.90 Å². The number of rotatable bonds is 5. The molecule has 2 atom stereocenters. The molecule has 0 aromatic heterocycles. The number of hydrogen-bond donors (Lipinski definition) is 1. The van der Waals surface area contributed by atoms with Crippen molar-refractivity contribution in [1.29, 1.82) is 0 Å². The molecule has 1 fully saturated rings. The van der Waals surface area contributed by atoms with E-state index in [1.807, 2.05) is 12.1 Å². The lowest BCUT2D eigenvalue weighted by molar-refractivity contribution is -0.154. The van der Waals surface area contributed by atoms with Crippen LogP contribution in [0.4, 0.5) is 0 Å². The van der Waals surface area contributed by atoms with Gasteiger partial charge in [-0.25, -0.2) is 0 Å². The highest BCUT2D eigenvalue weighted by Gasteiger charge is 2.42. The van der Waals surface area contributed by atoms with Gasteiger partial charge in [0.2, 0.25) is 0 Å². The molecule has 1 heterocycles. The molecule has 1 aromatic rings. The van der Waals surface area contributed by atoms with Crippen LogP contribution in [0.2, 0.25) is 0 Å². The second-order valence-electron chi connectivity index (χ2n) is 6.14. The lowest BCUT2D eigenvalue weighted by atomic mass is 9.76. The standard InChI is InChI=1S/C17H24BrNO2/c1-3-8-17(16(20)21)9-5-10-19(12-17)13(2)14-6-4-7-15(18)11-14/h4,6-7,11,13H,3,5,8-10,12H2,1-2H3,(H,20,21). The maximum Gasteiger partial charge on any atom is 0.310 e. The van der Waals surface area contributed by atoms with Crippen LogP contribution in [0, 0.1) is 5.41 Å². The predicted octanol–water partition coefficient (Wildman–Crippen LogP) is 4.48. The number of aliphatic carboxylic acids is 1. The number of likely N-dealkylation sites (tertiary alicyclic amines) is 1. The molecular formula is C17H24BrNO2. The molecule has 1 aliphatic heterocycles. The molecule has 21 heavy (non-hydrogen) atoms. The van der Waals surface area contributed by atoms with Gasteiger partial charge in [0.25, 0.3) is 0 Å². The van der Waals surface area contributed by atoms with Gasteiger partial charge in [0, 0.05) is 17.1 Å². The zero-order chi connectivity index (χ0) is 15.5. The van der Waals surface area contributed by atoms with Crippen LogP contribution >= 0.6 is 15.9 Å². The monoisotopic (exact) mass is 353 g/mol. The minimum absolute atomic E-state index is 0.249. The molecule has 0 spiro atoms. The van der Waals surface area contributed by atoms with E-state index in [1.165, 1.54) is 5.56 Å². The fraction of sp³-hybridized carbons (Fsp3) is 0.588. The van der Waals surface area contributed by atoms with Gasteiger partial charge in [-0.3, -0.25) is 9.69 Å². The van der Waals surface area contributed by atoms with Crippen LogP contribution in [-0.2, 0) is 4.79 Å². The topological polar surface area (TPSA) is 40.5 Å². The Hall–Kier alpha value is -0.870. The third kappa shape index (κ3) is 3.67. The SMILES string of the molecule is CCCC1(C(=O)O)CCCN(C(C)c2cccc(Br)c2)C1. The summed E-state index contributed by atoms with van der Waals surface area (Å²) in [5.74, 6) is -0.629. The van der Waals surface area contributed by atoms with E-state index in [1.54, 1.807) is 0 Å². The molecule has 0 saturated carbocycles. The quantitative estimate of drug-likeness (QED) is 0.848. The fourth-order valence-electron chi connectivity index (χ4n) is 3.44. The van der Waals surface area contributed by atoms with Gasteiger partial charge in [0.1, 0.15) is 0 Å². The molecule has 2 unspecified atom stereocenters.